The van der Waals surface area contributed by atoms with Crippen LogP contribution in [0.15, 0.2) is 42.5 Å². The number of para-hydroxylation sites is 1. The lowest BCUT2D eigenvalue weighted by Gasteiger charge is -2.07. The Labute approximate surface area is 111 Å². The molecule has 0 saturated carbocycles. The van der Waals surface area contributed by atoms with Crippen molar-refractivity contribution < 1.29 is 23.8 Å². The van der Waals surface area contributed by atoms with Crippen LogP contribution in [0, 0.1) is 0 Å². The Kier molecular flexibility index (Phi) is 6.79. The van der Waals surface area contributed by atoms with E-state index in [1.807, 2.05) is 18.2 Å². The van der Waals surface area contributed by atoms with Crippen molar-refractivity contribution in [2.24, 2.45) is 0 Å². The van der Waals surface area contributed by atoms with Gasteiger partial charge in [-0.15, -0.1) is 0 Å². The summed E-state index contributed by atoms with van der Waals surface area (Å²) in [4.78, 5) is 22.1. The molecule has 0 spiro atoms. The normalized spacial score (nSPS) is 10.2. The van der Waals surface area contributed by atoms with Gasteiger partial charge in [-0.1, -0.05) is 24.3 Å². The second-order valence-electron chi connectivity index (χ2n) is 3.49. The summed E-state index contributed by atoms with van der Waals surface area (Å²) >= 11 is 0. The van der Waals surface area contributed by atoms with Gasteiger partial charge >= 0.3 is 11.9 Å². The molecule has 1 aromatic rings. The third kappa shape index (κ3) is 6.88. The van der Waals surface area contributed by atoms with Gasteiger partial charge < -0.3 is 14.2 Å². The summed E-state index contributed by atoms with van der Waals surface area (Å²) in [6.45, 7) is 1.64. The van der Waals surface area contributed by atoms with E-state index in [9.17, 15) is 9.59 Å². The first-order valence-electron chi connectivity index (χ1n) is 5.85. The maximum absolute atomic E-state index is 11.2. The number of carbonyl (C=O) groups is 2. The van der Waals surface area contributed by atoms with Crippen molar-refractivity contribution in [1.29, 1.82) is 0 Å². The van der Waals surface area contributed by atoms with Gasteiger partial charge in [0, 0.05) is 6.08 Å². The second kappa shape index (κ2) is 8.74. The van der Waals surface area contributed by atoms with E-state index in [1.165, 1.54) is 12.2 Å². The number of esters is 2. The Balaban J connectivity index is 2.09. The molecule has 1 aromatic carbocycles. The molecular formula is C14H16O5. The van der Waals surface area contributed by atoms with Crippen LogP contribution in [0.2, 0.25) is 0 Å². The number of benzene rings is 1. The Bertz CT molecular complexity index is 425. The zero-order valence-corrected chi connectivity index (χ0v) is 10.7. The number of hydrogen-bond acceptors (Lipinski definition) is 5. The molecule has 0 radical (unpaired) electrons. The summed E-state index contributed by atoms with van der Waals surface area (Å²) in [5, 5.41) is 0. The van der Waals surface area contributed by atoms with Crippen LogP contribution in [-0.2, 0) is 19.1 Å². The molecule has 0 aliphatic rings. The van der Waals surface area contributed by atoms with Crippen molar-refractivity contribution >= 4 is 11.9 Å². The fraction of sp³-hybridized carbons (Fsp3) is 0.286. The summed E-state index contributed by atoms with van der Waals surface area (Å²) in [6, 6.07) is 9.19. The van der Waals surface area contributed by atoms with Crippen molar-refractivity contribution in [3.05, 3.63) is 42.5 Å². The number of carbonyl (C=O) groups excluding carboxylic acids is 2. The van der Waals surface area contributed by atoms with Gasteiger partial charge in [0.1, 0.15) is 19.0 Å². The predicted molar refractivity (Wildman–Crippen MR) is 68.7 cm³/mol. The maximum Gasteiger partial charge on any atom is 0.344 e. The highest BCUT2D eigenvalue weighted by Gasteiger charge is 2.05. The number of rotatable bonds is 7. The molecule has 0 saturated heterocycles. The topological polar surface area (TPSA) is 61.8 Å². The maximum atomic E-state index is 11.2. The van der Waals surface area contributed by atoms with Crippen molar-refractivity contribution in [2.45, 2.75) is 6.92 Å². The molecule has 0 heterocycles. The highest BCUT2D eigenvalue weighted by atomic mass is 16.6. The van der Waals surface area contributed by atoms with Crippen LogP contribution < -0.4 is 4.74 Å². The molecule has 5 nitrogen and oxygen atoms in total. The molecule has 0 bridgehead atoms. The first kappa shape index (κ1) is 14.8. The van der Waals surface area contributed by atoms with Crippen molar-refractivity contribution in [2.75, 3.05) is 19.8 Å². The van der Waals surface area contributed by atoms with E-state index in [4.69, 9.17) is 9.47 Å². The van der Waals surface area contributed by atoms with Crippen molar-refractivity contribution in [3.8, 4) is 5.75 Å². The van der Waals surface area contributed by atoms with Gasteiger partial charge in [0.05, 0.1) is 0 Å². The average molecular weight is 264 g/mol. The molecule has 0 unspecified atom stereocenters. The Hall–Kier alpha value is -2.30. The SMILES string of the molecule is C/C=C/C(=O)OCC(=O)OCCOc1ccccc1. The highest BCUT2D eigenvalue weighted by molar-refractivity contribution is 5.84. The van der Waals surface area contributed by atoms with E-state index < -0.39 is 18.5 Å². The van der Waals surface area contributed by atoms with E-state index in [-0.39, 0.29) is 13.2 Å². The number of ether oxygens (including phenoxy) is 3. The van der Waals surface area contributed by atoms with Crippen LogP contribution in [0.25, 0.3) is 0 Å². The van der Waals surface area contributed by atoms with Gasteiger partial charge in [-0.05, 0) is 19.1 Å². The van der Waals surface area contributed by atoms with Crippen LogP contribution >= 0.6 is 0 Å². The molecule has 0 N–H and O–H groups in total. The zero-order valence-electron chi connectivity index (χ0n) is 10.7. The molecule has 102 valence electrons. The standard InChI is InChI=1S/C14H16O5/c1-2-6-13(15)19-11-14(16)18-10-9-17-12-7-4-3-5-8-12/h2-8H,9-11H2,1H3/b6-2+. The summed E-state index contributed by atoms with van der Waals surface area (Å²) < 4.78 is 14.8. The molecule has 19 heavy (non-hydrogen) atoms. The van der Waals surface area contributed by atoms with Gasteiger partial charge in [-0.25, -0.2) is 9.59 Å². The summed E-state index contributed by atoms with van der Waals surface area (Å²) in [5.41, 5.74) is 0. The number of allylic oxidation sites excluding steroid dienone is 1. The largest absolute Gasteiger partial charge is 0.490 e. The van der Waals surface area contributed by atoms with Crippen molar-refractivity contribution in [1.82, 2.24) is 0 Å². The molecule has 0 aromatic heterocycles. The number of hydrogen-bond donors (Lipinski definition) is 0. The molecule has 1 rings (SSSR count). The van der Waals surface area contributed by atoms with E-state index >= 15 is 0 Å². The van der Waals surface area contributed by atoms with Gasteiger partial charge in [0.25, 0.3) is 0 Å². The highest BCUT2D eigenvalue weighted by Crippen LogP contribution is 2.07. The minimum atomic E-state index is -0.602. The smallest absolute Gasteiger partial charge is 0.344 e. The minimum absolute atomic E-state index is 0.106. The van der Waals surface area contributed by atoms with E-state index in [1.54, 1.807) is 19.1 Å². The fourth-order valence-electron chi connectivity index (χ4n) is 1.19. The summed E-state index contributed by atoms with van der Waals surface area (Å²) in [5.74, 6) is -0.465. The van der Waals surface area contributed by atoms with Crippen molar-refractivity contribution in [3.63, 3.8) is 0 Å². The van der Waals surface area contributed by atoms with E-state index in [2.05, 4.69) is 4.74 Å². The molecule has 0 aliphatic heterocycles. The summed E-state index contributed by atoms with van der Waals surface area (Å²) in [7, 11) is 0. The third-order valence-corrected chi connectivity index (χ3v) is 1.99. The van der Waals surface area contributed by atoms with Crippen LogP contribution in [0.4, 0.5) is 0 Å². The first-order chi connectivity index (χ1) is 9.22. The molecular weight excluding hydrogens is 248 g/mol. The monoisotopic (exact) mass is 264 g/mol. The Morgan fingerprint density at radius 2 is 1.84 bits per heavy atom. The van der Waals surface area contributed by atoms with E-state index in [0.29, 0.717) is 5.75 Å². The Morgan fingerprint density at radius 3 is 2.53 bits per heavy atom. The first-order valence-corrected chi connectivity index (χ1v) is 5.85. The Morgan fingerprint density at radius 1 is 1.11 bits per heavy atom. The lowest BCUT2D eigenvalue weighted by atomic mass is 10.3. The molecule has 0 amide bonds. The average Bonchev–Trinajstić information content (AvgIpc) is 2.43. The molecule has 5 heteroatoms. The third-order valence-electron chi connectivity index (χ3n) is 1.99. The lowest BCUT2D eigenvalue weighted by Crippen LogP contribution is -2.18. The molecule has 0 fully saturated rings. The minimum Gasteiger partial charge on any atom is -0.490 e. The van der Waals surface area contributed by atoms with Crippen LogP contribution in [0.1, 0.15) is 6.92 Å². The second-order valence-corrected chi connectivity index (χ2v) is 3.49. The van der Waals surface area contributed by atoms with Gasteiger partial charge in [-0.2, -0.15) is 0 Å². The van der Waals surface area contributed by atoms with Crippen LogP contribution in [0.3, 0.4) is 0 Å². The van der Waals surface area contributed by atoms with Gasteiger partial charge in [0.15, 0.2) is 6.61 Å². The quantitative estimate of drug-likeness (QED) is 0.426. The van der Waals surface area contributed by atoms with E-state index in [0.717, 1.165) is 0 Å². The molecule has 0 aliphatic carbocycles. The fourth-order valence-corrected chi connectivity index (χ4v) is 1.19. The van der Waals surface area contributed by atoms with Gasteiger partial charge in [0.2, 0.25) is 0 Å². The molecule has 0 atom stereocenters. The van der Waals surface area contributed by atoms with Crippen LogP contribution in [-0.4, -0.2) is 31.8 Å². The summed E-state index contributed by atoms with van der Waals surface area (Å²) in [6.07, 6.45) is 2.76. The zero-order chi connectivity index (χ0) is 13.9. The van der Waals surface area contributed by atoms with Gasteiger partial charge in [-0.3, -0.25) is 0 Å². The lowest BCUT2D eigenvalue weighted by molar-refractivity contribution is -0.156. The van der Waals surface area contributed by atoms with Crippen LogP contribution in [0.5, 0.6) is 5.75 Å². The predicted octanol–water partition coefficient (Wildman–Crippen LogP) is 1.73.